The third kappa shape index (κ3) is 3.89. The standard InChI is InChI=1S/C13H24N2O3/c1-6-10(2)15-8-7-14(9-11(15)16)12(17)18-13(3,4)5/h10H,6-9H2,1-5H3. The third-order valence-corrected chi connectivity index (χ3v) is 3.03. The second kappa shape index (κ2) is 5.59. The van der Waals surface area contributed by atoms with Gasteiger partial charge in [-0.15, -0.1) is 0 Å². The highest BCUT2D eigenvalue weighted by Gasteiger charge is 2.31. The molecule has 2 amide bonds. The number of rotatable bonds is 2. The lowest BCUT2D eigenvalue weighted by Crippen LogP contribution is -2.55. The Morgan fingerprint density at radius 3 is 2.44 bits per heavy atom. The molecular formula is C13H24N2O3. The highest BCUT2D eigenvalue weighted by Crippen LogP contribution is 2.14. The fourth-order valence-electron chi connectivity index (χ4n) is 1.86. The molecule has 5 heteroatoms. The average molecular weight is 256 g/mol. The van der Waals surface area contributed by atoms with Crippen molar-refractivity contribution in [1.29, 1.82) is 0 Å². The zero-order chi connectivity index (χ0) is 13.9. The van der Waals surface area contributed by atoms with Crippen molar-refractivity contribution in [3.05, 3.63) is 0 Å². The molecule has 0 aromatic heterocycles. The molecular weight excluding hydrogens is 232 g/mol. The van der Waals surface area contributed by atoms with Crippen LogP contribution < -0.4 is 0 Å². The van der Waals surface area contributed by atoms with Crippen LogP contribution in [-0.4, -0.2) is 53.1 Å². The molecule has 1 heterocycles. The Bertz CT molecular complexity index is 323. The highest BCUT2D eigenvalue weighted by molar-refractivity contribution is 5.83. The first-order chi connectivity index (χ1) is 8.24. The van der Waals surface area contributed by atoms with Crippen LogP contribution >= 0.6 is 0 Å². The molecule has 0 aromatic rings. The topological polar surface area (TPSA) is 49.9 Å². The molecule has 1 aliphatic heterocycles. The number of carbonyl (C=O) groups excluding carboxylic acids is 2. The zero-order valence-electron chi connectivity index (χ0n) is 12.0. The summed E-state index contributed by atoms with van der Waals surface area (Å²) >= 11 is 0. The van der Waals surface area contributed by atoms with Crippen molar-refractivity contribution in [2.75, 3.05) is 19.6 Å². The highest BCUT2D eigenvalue weighted by atomic mass is 16.6. The van der Waals surface area contributed by atoms with Gasteiger partial charge in [-0.3, -0.25) is 9.69 Å². The van der Waals surface area contributed by atoms with Gasteiger partial charge < -0.3 is 9.64 Å². The van der Waals surface area contributed by atoms with Gasteiger partial charge >= 0.3 is 6.09 Å². The normalized spacial score (nSPS) is 18.8. The molecule has 104 valence electrons. The summed E-state index contributed by atoms with van der Waals surface area (Å²) in [5, 5.41) is 0. The van der Waals surface area contributed by atoms with Crippen molar-refractivity contribution in [2.24, 2.45) is 0 Å². The van der Waals surface area contributed by atoms with E-state index >= 15 is 0 Å². The molecule has 18 heavy (non-hydrogen) atoms. The van der Waals surface area contributed by atoms with Crippen LogP contribution in [0, 0.1) is 0 Å². The van der Waals surface area contributed by atoms with Gasteiger partial charge in [0.15, 0.2) is 0 Å². The molecule has 0 radical (unpaired) electrons. The van der Waals surface area contributed by atoms with Crippen LogP contribution in [0.25, 0.3) is 0 Å². The molecule has 1 atom stereocenters. The summed E-state index contributed by atoms with van der Waals surface area (Å²) in [7, 11) is 0. The first-order valence-corrected chi connectivity index (χ1v) is 6.52. The average Bonchev–Trinajstić information content (AvgIpc) is 2.25. The van der Waals surface area contributed by atoms with Gasteiger partial charge in [0.05, 0.1) is 0 Å². The summed E-state index contributed by atoms with van der Waals surface area (Å²) in [6.45, 7) is 10.8. The van der Waals surface area contributed by atoms with Crippen molar-refractivity contribution < 1.29 is 14.3 Å². The van der Waals surface area contributed by atoms with Crippen LogP contribution in [0.4, 0.5) is 4.79 Å². The van der Waals surface area contributed by atoms with Crippen LogP contribution in [-0.2, 0) is 9.53 Å². The largest absolute Gasteiger partial charge is 0.444 e. The Labute approximate surface area is 109 Å². The van der Waals surface area contributed by atoms with E-state index in [-0.39, 0.29) is 18.5 Å². The number of amides is 2. The molecule has 0 aromatic carbocycles. The van der Waals surface area contributed by atoms with E-state index in [1.165, 1.54) is 4.90 Å². The summed E-state index contributed by atoms with van der Waals surface area (Å²) in [5.74, 6) is 0.00135. The molecule has 1 unspecified atom stereocenters. The SMILES string of the molecule is CCC(C)N1CCN(C(=O)OC(C)(C)C)CC1=O. The van der Waals surface area contributed by atoms with E-state index in [9.17, 15) is 9.59 Å². The Balaban J connectivity index is 2.56. The summed E-state index contributed by atoms with van der Waals surface area (Å²) in [5.41, 5.74) is -0.520. The minimum Gasteiger partial charge on any atom is -0.444 e. The zero-order valence-corrected chi connectivity index (χ0v) is 12.0. The second-order valence-electron chi connectivity index (χ2n) is 5.75. The van der Waals surface area contributed by atoms with Gasteiger partial charge in [-0.1, -0.05) is 6.92 Å². The Morgan fingerprint density at radius 2 is 2.00 bits per heavy atom. The van der Waals surface area contributed by atoms with E-state index in [0.29, 0.717) is 13.1 Å². The molecule has 1 aliphatic rings. The molecule has 0 saturated carbocycles. The minimum atomic E-state index is -0.520. The van der Waals surface area contributed by atoms with Gasteiger partial charge in [-0.05, 0) is 34.1 Å². The van der Waals surface area contributed by atoms with Crippen molar-refractivity contribution >= 4 is 12.0 Å². The van der Waals surface area contributed by atoms with Crippen LogP contribution in [0.1, 0.15) is 41.0 Å². The van der Waals surface area contributed by atoms with Gasteiger partial charge in [0, 0.05) is 19.1 Å². The predicted octanol–water partition coefficient (Wildman–Crippen LogP) is 1.86. The van der Waals surface area contributed by atoms with Crippen molar-refractivity contribution in [3.8, 4) is 0 Å². The summed E-state index contributed by atoms with van der Waals surface area (Å²) in [4.78, 5) is 27.1. The van der Waals surface area contributed by atoms with E-state index < -0.39 is 11.7 Å². The second-order valence-corrected chi connectivity index (χ2v) is 5.75. The third-order valence-electron chi connectivity index (χ3n) is 3.03. The summed E-state index contributed by atoms with van der Waals surface area (Å²) in [6, 6.07) is 0.235. The molecule has 1 saturated heterocycles. The molecule has 0 N–H and O–H groups in total. The number of carbonyl (C=O) groups is 2. The quantitative estimate of drug-likeness (QED) is 0.757. The van der Waals surface area contributed by atoms with Gasteiger partial charge in [-0.2, -0.15) is 0 Å². The van der Waals surface area contributed by atoms with Gasteiger partial charge in [0.2, 0.25) is 5.91 Å². The number of ether oxygens (including phenoxy) is 1. The monoisotopic (exact) mass is 256 g/mol. The fraction of sp³-hybridized carbons (Fsp3) is 0.846. The van der Waals surface area contributed by atoms with Gasteiger partial charge in [0.25, 0.3) is 0 Å². The molecule has 1 fully saturated rings. The van der Waals surface area contributed by atoms with Crippen LogP contribution in [0.2, 0.25) is 0 Å². The maximum absolute atomic E-state index is 12.0. The van der Waals surface area contributed by atoms with Crippen LogP contribution in [0.3, 0.4) is 0 Å². The molecule has 0 aliphatic carbocycles. The lowest BCUT2D eigenvalue weighted by Gasteiger charge is -2.37. The van der Waals surface area contributed by atoms with E-state index in [1.54, 1.807) is 0 Å². The first kappa shape index (κ1) is 14.8. The Morgan fingerprint density at radius 1 is 1.39 bits per heavy atom. The maximum atomic E-state index is 12.0. The van der Waals surface area contributed by atoms with Crippen molar-refractivity contribution in [3.63, 3.8) is 0 Å². The predicted molar refractivity (Wildman–Crippen MR) is 69.3 cm³/mol. The van der Waals surface area contributed by atoms with Gasteiger partial charge in [-0.25, -0.2) is 4.79 Å². The number of piperazine rings is 1. The minimum absolute atomic E-state index is 0.00135. The van der Waals surface area contributed by atoms with Gasteiger partial charge in [0.1, 0.15) is 12.1 Å². The fourth-order valence-corrected chi connectivity index (χ4v) is 1.86. The van der Waals surface area contributed by atoms with E-state index in [2.05, 4.69) is 6.92 Å². The molecule has 0 bridgehead atoms. The summed E-state index contributed by atoms with van der Waals surface area (Å²) in [6.07, 6.45) is 0.526. The summed E-state index contributed by atoms with van der Waals surface area (Å²) < 4.78 is 5.26. The first-order valence-electron chi connectivity index (χ1n) is 6.52. The van der Waals surface area contributed by atoms with Crippen LogP contribution in [0.15, 0.2) is 0 Å². The number of hydrogen-bond acceptors (Lipinski definition) is 3. The molecule has 5 nitrogen and oxygen atoms in total. The van der Waals surface area contributed by atoms with E-state index in [4.69, 9.17) is 4.74 Å². The van der Waals surface area contributed by atoms with E-state index in [1.807, 2.05) is 32.6 Å². The lowest BCUT2D eigenvalue weighted by molar-refractivity contribution is -0.138. The Kier molecular flexibility index (Phi) is 4.59. The number of hydrogen-bond donors (Lipinski definition) is 0. The van der Waals surface area contributed by atoms with E-state index in [0.717, 1.165) is 6.42 Å². The smallest absolute Gasteiger partial charge is 0.410 e. The molecule has 1 rings (SSSR count). The van der Waals surface area contributed by atoms with Crippen molar-refractivity contribution in [2.45, 2.75) is 52.7 Å². The van der Waals surface area contributed by atoms with Crippen LogP contribution in [0.5, 0.6) is 0 Å². The Hall–Kier alpha value is -1.26. The number of nitrogens with zero attached hydrogens (tertiary/aromatic N) is 2. The van der Waals surface area contributed by atoms with Crippen molar-refractivity contribution in [1.82, 2.24) is 9.80 Å². The maximum Gasteiger partial charge on any atom is 0.410 e. The lowest BCUT2D eigenvalue weighted by atomic mass is 10.2. The molecule has 0 spiro atoms.